The van der Waals surface area contributed by atoms with Crippen LogP contribution in [0.1, 0.15) is 33.4 Å². The number of aliphatic hydroxyl groups is 1. The topological polar surface area (TPSA) is 156 Å². The SMILES string of the molecule is C[Si](C)(C)CCOCn1cc(CO)c(C(F)(F)F)c1.Cn1[nH]c2cc(Br)ccc2c1=O.Cn1c(=O)c2ccc(Br)cc2n1Cc1c[nH]cc1C(F)(F)F.Cn1c(=O)c2ccc(Br)cc2n1Cc1cn(COCC[Si](C)(C)C)cc1C(F)(F)F. The van der Waals surface area contributed by atoms with E-state index < -0.39 is 58.0 Å². The lowest BCUT2D eigenvalue weighted by atomic mass is 10.2. The van der Waals surface area contributed by atoms with Crippen LogP contribution in [0, 0.1) is 0 Å². The molecule has 9 aromatic rings. The Morgan fingerprint density at radius 1 is 0.530 bits per heavy atom. The van der Waals surface area contributed by atoms with Gasteiger partial charge in [0.1, 0.15) is 13.5 Å². The van der Waals surface area contributed by atoms with E-state index in [0.29, 0.717) is 35.0 Å². The van der Waals surface area contributed by atoms with Crippen LogP contribution in [0.4, 0.5) is 39.5 Å². The van der Waals surface area contributed by atoms with Gasteiger partial charge in [-0.05, 0) is 66.7 Å². The Morgan fingerprint density at radius 3 is 1.36 bits per heavy atom. The van der Waals surface area contributed by atoms with Crippen molar-refractivity contribution in [3.05, 3.63) is 170 Å². The molecule has 0 radical (unpaired) electrons. The number of aliphatic hydroxyl groups excluding tert-OH is 1. The fourth-order valence-corrected chi connectivity index (χ4v) is 11.1. The van der Waals surface area contributed by atoms with E-state index in [0.717, 1.165) is 55.0 Å². The number of rotatable bonds is 15. The molecule has 15 nitrogen and oxygen atoms in total. The zero-order valence-electron chi connectivity index (χ0n) is 46.7. The highest BCUT2D eigenvalue weighted by atomic mass is 79.9. The van der Waals surface area contributed by atoms with Crippen molar-refractivity contribution < 1.29 is 54.1 Å². The number of hydrogen-bond acceptors (Lipinski definition) is 6. The molecule has 0 bridgehead atoms. The van der Waals surface area contributed by atoms with Crippen molar-refractivity contribution in [2.75, 3.05) is 13.2 Å². The average Bonchev–Trinajstić information content (AvgIpc) is 2.47. The number of nitrogens with zero attached hydrogens (tertiary/aromatic N) is 7. The molecular formula is C54H63Br3F9N9O6Si2. The van der Waals surface area contributed by atoms with E-state index in [1.165, 1.54) is 53.5 Å². The average molecular weight is 1400 g/mol. The number of alkyl halides is 9. The monoisotopic (exact) mass is 1400 g/mol. The third-order valence-electron chi connectivity index (χ3n) is 13.0. The summed E-state index contributed by atoms with van der Waals surface area (Å²) in [4.78, 5) is 38.5. The molecule has 6 aromatic heterocycles. The summed E-state index contributed by atoms with van der Waals surface area (Å²) in [6.45, 7) is 13.7. The van der Waals surface area contributed by atoms with Gasteiger partial charge >= 0.3 is 18.5 Å². The number of aromatic nitrogens is 9. The summed E-state index contributed by atoms with van der Waals surface area (Å²) in [5.74, 6) is 0. The quantitative estimate of drug-likeness (QED) is 0.0527. The lowest BCUT2D eigenvalue weighted by Gasteiger charge is -2.15. The fourth-order valence-electron chi connectivity index (χ4n) is 8.51. The Labute approximate surface area is 497 Å². The van der Waals surface area contributed by atoms with Gasteiger partial charge in [0, 0.05) is 118 Å². The molecule has 0 amide bonds. The van der Waals surface area contributed by atoms with Crippen LogP contribution in [0.3, 0.4) is 0 Å². The maximum absolute atomic E-state index is 13.7. The highest BCUT2D eigenvalue weighted by molar-refractivity contribution is 9.11. The number of aryl methyl sites for hydroxylation is 1. The fraction of sp³-hybridized carbons (Fsp3) is 0.389. The minimum Gasteiger partial charge on any atom is -0.392 e. The van der Waals surface area contributed by atoms with Gasteiger partial charge in [-0.1, -0.05) is 87.1 Å². The maximum atomic E-state index is 13.7. The molecule has 0 saturated carbocycles. The van der Waals surface area contributed by atoms with E-state index >= 15 is 0 Å². The molecule has 3 N–H and O–H groups in total. The number of benzene rings is 3. The third kappa shape index (κ3) is 17.5. The Hall–Kier alpha value is -5.57. The summed E-state index contributed by atoms with van der Waals surface area (Å²) in [5.41, 5.74) is -0.673. The van der Waals surface area contributed by atoms with E-state index in [1.807, 2.05) is 12.1 Å². The molecule has 0 unspecified atom stereocenters. The van der Waals surface area contributed by atoms with Gasteiger partial charge in [-0.15, -0.1) is 0 Å². The van der Waals surface area contributed by atoms with Gasteiger partial charge < -0.3 is 28.7 Å². The number of halogens is 12. The van der Waals surface area contributed by atoms with Crippen LogP contribution in [-0.4, -0.2) is 77.1 Å². The standard InChI is InChI=1S/C20H25BrF3N3O2Si.C14H11BrF3N3O.C12H20F3NO2Si.C8H7BrN2O/c1-25-19(28)16-6-5-15(21)9-18(16)27(25)11-14-10-26(12-17(14)20(22,23)24)13-29-7-8-30(2,3)4;1-20-13(22)10-3-2-9(15)4-12(10)21(20)7-8-5-19-6-11(8)14(16,17)18;1-19(2,3)5-4-18-9-16-6-10(8-17)11(7-16)12(13,14)15;1-11-8(12)6-3-2-5(9)4-7(6)10-11/h5-6,9-10,12H,7-8,11,13H2,1-4H3;2-6,19H,7H2,1H3;6-7,17H,4-5,8-9H2,1-3H3;2-4,10H,1H3. The molecule has 83 heavy (non-hydrogen) atoms. The molecule has 0 aliphatic carbocycles. The number of H-pyrrole nitrogens is 2. The first-order valence-corrected chi connectivity index (χ1v) is 35.3. The Bertz CT molecular complexity index is 3870. The molecule has 3 aromatic carbocycles. The predicted octanol–water partition coefficient (Wildman–Crippen LogP) is 13.7. The van der Waals surface area contributed by atoms with Crippen molar-refractivity contribution >= 4 is 96.6 Å². The van der Waals surface area contributed by atoms with Crippen molar-refractivity contribution in [2.24, 2.45) is 21.1 Å². The largest absolute Gasteiger partial charge is 0.418 e. The van der Waals surface area contributed by atoms with Gasteiger partial charge in [0.15, 0.2) is 0 Å². The second-order valence-electron chi connectivity index (χ2n) is 21.9. The highest BCUT2D eigenvalue weighted by Crippen LogP contribution is 2.36. The zero-order valence-corrected chi connectivity index (χ0v) is 53.4. The Morgan fingerprint density at radius 2 is 0.940 bits per heavy atom. The van der Waals surface area contributed by atoms with E-state index in [9.17, 15) is 53.9 Å². The van der Waals surface area contributed by atoms with Gasteiger partial charge in [0.05, 0.1) is 69.1 Å². The molecule has 0 aliphatic rings. The van der Waals surface area contributed by atoms with Crippen LogP contribution < -0.4 is 16.7 Å². The number of aromatic amines is 2. The summed E-state index contributed by atoms with van der Waals surface area (Å²) < 4.78 is 141. The maximum Gasteiger partial charge on any atom is 0.418 e. The molecule has 452 valence electrons. The second-order valence-corrected chi connectivity index (χ2v) is 35.9. The molecule has 9 rings (SSSR count). The molecule has 0 spiro atoms. The van der Waals surface area contributed by atoms with Crippen molar-refractivity contribution in [1.82, 2.24) is 42.6 Å². The summed E-state index contributed by atoms with van der Waals surface area (Å²) in [5, 5.41) is 13.5. The molecule has 29 heteroatoms. The third-order valence-corrected chi connectivity index (χ3v) is 17.9. The van der Waals surface area contributed by atoms with Crippen molar-refractivity contribution in [3.8, 4) is 0 Å². The van der Waals surface area contributed by atoms with Crippen LogP contribution in [0.25, 0.3) is 32.7 Å². The summed E-state index contributed by atoms with van der Waals surface area (Å²) >= 11 is 10.0. The van der Waals surface area contributed by atoms with Crippen molar-refractivity contribution in [1.29, 1.82) is 0 Å². The molecule has 0 fully saturated rings. The number of nitrogens with one attached hydrogen (secondary N) is 2. The first-order chi connectivity index (χ1) is 38.5. The highest BCUT2D eigenvalue weighted by Gasteiger charge is 2.37. The Balaban J connectivity index is 0.000000186. The predicted molar refractivity (Wildman–Crippen MR) is 318 cm³/mol. The molecule has 6 heterocycles. The molecule has 0 atom stereocenters. The smallest absolute Gasteiger partial charge is 0.392 e. The van der Waals surface area contributed by atoms with Crippen LogP contribution in [-0.2, 0) is 82.3 Å². The van der Waals surface area contributed by atoms with Gasteiger partial charge in [-0.3, -0.25) is 42.9 Å². The second kappa shape index (κ2) is 26.8. The van der Waals surface area contributed by atoms with Crippen LogP contribution >= 0.6 is 47.8 Å². The van der Waals surface area contributed by atoms with Gasteiger partial charge in [0.25, 0.3) is 16.7 Å². The number of fused-ring (bicyclic) bond motifs is 3. The van der Waals surface area contributed by atoms with Crippen LogP contribution in [0.15, 0.2) is 120 Å². The molecule has 0 aliphatic heterocycles. The van der Waals surface area contributed by atoms with Crippen molar-refractivity contribution in [2.45, 2.75) is 103 Å². The van der Waals surface area contributed by atoms with Crippen LogP contribution in [0.2, 0.25) is 51.4 Å². The van der Waals surface area contributed by atoms with E-state index in [1.54, 1.807) is 61.2 Å². The van der Waals surface area contributed by atoms with E-state index in [2.05, 4.69) is 97.2 Å². The van der Waals surface area contributed by atoms with E-state index in [-0.39, 0.29) is 59.9 Å². The Kier molecular flexibility index (Phi) is 21.5. The lowest BCUT2D eigenvalue weighted by molar-refractivity contribution is -0.139. The van der Waals surface area contributed by atoms with Gasteiger partial charge in [-0.2, -0.15) is 39.5 Å². The normalized spacial score (nSPS) is 12.4. The van der Waals surface area contributed by atoms with Crippen LogP contribution in [0.5, 0.6) is 0 Å². The molecule has 0 saturated heterocycles. The van der Waals surface area contributed by atoms with E-state index in [4.69, 9.17) is 14.6 Å². The summed E-state index contributed by atoms with van der Waals surface area (Å²) in [6.07, 6.45) is -6.38. The zero-order chi connectivity index (χ0) is 61.7. The molecular weight excluding hydrogens is 1340 g/mol. The number of hydrogen-bond donors (Lipinski definition) is 3. The summed E-state index contributed by atoms with van der Waals surface area (Å²) in [7, 11) is 2.34. The van der Waals surface area contributed by atoms with Gasteiger partial charge in [-0.25, -0.2) is 0 Å². The first kappa shape index (κ1) is 66.6. The lowest BCUT2D eigenvalue weighted by Crippen LogP contribution is -2.21. The minimum atomic E-state index is -4.50. The summed E-state index contributed by atoms with van der Waals surface area (Å²) in [6, 6.07) is 17.7. The van der Waals surface area contributed by atoms with Crippen molar-refractivity contribution in [3.63, 3.8) is 0 Å². The minimum absolute atomic E-state index is 0.0116. The number of ether oxygens (including phenoxy) is 2. The van der Waals surface area contributed by atoms with Gasteiger partial charge in [0.2, 0.25) is 0 Å². The first-order valence-electron chi connectivity index (χ1n) is 25.5.